The smallest absolute Gasteiger partial charge is 0.239 e. The summed E-state index contributed by atoms with van der Waals surface area (Å²) >= 11 is 0. The summed E-state index contributed by atoms with van der Waals surface area (Å²) in [6.45, 7) is 7.04. The number of hydrogen-bond acceptors (Lipinski definition) is 3. The second kappa shape index (κ2) is 8.42. The van der Waals surface area contributed by atoms with Crippen LogP contribution >= 0.6 is 24.8 Å². The zero-order valence-corrected chi connectivity index (χ0v) is 14.2. The standard InChI is InChI=1S/C14H27N3O.2ClH/c1-3-7-14(2,15)13(18)16-9-11-6-8-17(10-11)12-4-5-12;;/h11-12H,3-10,15H2,1-2H3,(H,16,18);2*1H. The molecule has 0 bridgehead atoms. The predicted octanol–water partition coefficient (Wildman–Crippen LogP) is 1.95. The first-order chi connectivity index (χ1) is 8.53. The number of likely N-dealkylation sites (tertiary alicyclic amines) is 1. The molecule has 0 aromatic rings. The third-order valence-corrected chi connectivity index (χ3v) is 4.22. The van der Waals surface area contributed by atoms with Gasteiger partial charge in [-0.15, -0.1) is 24.8 Å². The Hall–Kier alpha value is -0.0300. The first kappa shape index (κ1) is 20.0. The van der Waals surface area contributed by atoms with E-state index in [1.807, 2.05) is 6.92 Å². The molecule has 6 heteroatoms. The van der Waals surface area contributed by atoms with Gasteiger partial charge in [0.2, 0.25) is 5.91 Å². The fourth-order valence-electron chi connectivity index (χ4n) is 2.87. The lowest BCUT2D eigenvalue weighted by molar-refractivity contribution is -0.126. The Morgan fingerprint density at radius 1 is 1.35 bits per heavy atom. The van der Waals surface area contributed by atoms with Gasteiger partial charge in [0.15, 0.2) is 0 Å². The van der Waals surface area contributed by atoms with Crippen LogP contribution in [0, 0.1) is 5.92 Å². The van der Waals surface area contributed by atoms with Gasteiger partial charge in [-0.3, -0.25) is 4.79 Å². The van der Waals surface area contributed by atoms with Gasteiger partial charge in [-0.25, -0.2) is 0 Å². The maximum absolute atomic E-state index is 12.0. The molecule has 2 aliphatic rings. The molecule has 1 aliphatic heterocycles. The zero-order valence-electron chi connectivity index (χ0n) is 12.6. The summed E-state index contributed by atoms with van der Waals surface area (Å²) in [6.07, 6.45) is 5.65. The van der Waals surface area contributed by atoms with Crippen LogP contribution in [0.4, 0.5) is 0 Å². The van der Waals surface area contributed by atoms with Crippen LogP contribution in [0.5, 0.6) is 0 Å². The second-order valence-electron chi connectivity index (χ2n) is 6.26. The maximum Gasteiger partial charge on any atom is 0.239 e. The molecule has 1 saturated carbocycles. The van der Waals surface area contributed by atoms with E-state index in [0.29, 0.717) is 5.92 Å². The SMILES string of the molecule is CCCC(C)(N)C(=O)NCC1CCN(C2CC2)C1.Cl.Cl. The van der Waals surface area contributed by atoms with Crippen LogP contribution in [0.1, 0.15) is 46.0 Å². The highest BCUT2D eigenvalue weighted by Gasteiger charge is 2.35. The monoisotopic (exact) mass is 325 g/mol. The Bertz CT molecular complexity index is 309. The van der Waals surface area contributed by atoms with E-state index in [1.54, 1.807) is 0 Å². The number of rotatable bonds is 6. The van der Waals surface area contributed by atoms with Crippen LogP contribution in [0.3, 0.4) is 0 Å². The van der Waals surface area contributed by atoms with Gasteiger partial charge in [0.1, 0.15) is 0 Å². The summed E-state index contributed by atoms with van der Waals surface area (Å²) < 4.78 is 0. The van der Waals surface area contributed by atoms with Crippen LogP contribution in [0.25, 0.3) is 0 Å². The molecule has 2 unspecified atom stereocenters. The topological polar surface area (TPSA) is 58.4 Å². The molecular formula is C14H29Cl2N3O. The highest BCUT2D eigenvalue weighted by Crippen LogP contribution is 2.31. The van der Waals surface area contributed by atoms with Gasteiger partial charge < -0.3 is 16.0 Å². The molecule has 2 atom stereocenters. The van der Waals surface area contributed by atoms with Crippen molar-refractivity contribution in [1.82, 2.24) is 10.2 Å². The molecule has 2 fully saturated rings. The number of carbonyl (C=O) groups excluding carboxylic acids is 1. The molecular weight excluding hydrogens is 297 g/mol. The predicted molar refractivity (Wildman–Crippen MR) is 87.7 cm³/mol. The van der Waals surface area contributed by atoms with Gasteiger partial charge in [-0.05, 0) is 45.1 Å². The third kappa shape index (κ3) is 5.40. The molecule has 1 aliphatic carbocycles. The number of carbonyl (C=O) groups is 1. The van der Waals surface area contributed by atoms with E-state index in [1.165, 1.54) is 25.8 Å². The lowest BCUT2D eigenvalue weighted by atomic mass is 9.96. The fraction of sp³-hybridized carbons (Fsp3) is 0.929. The molecule has 0 radical (unpaired) electrons. The summed E-state index contributed by atoms with van der Waals surface area (Å²) in [5.74, 6) is 0.626. The molecule has 20 heavy (non-hydrogen) atoms. The molecule has 1 saturated heterocycles. The Kier molecular flexibility index (Phi) is 8.41. The van der Waals surface area contributed by atoms with Gasteiger partial charge in [-0.1, -0.05) is 13.3 Å². The van der Waals surface area contributed by atoms with Crippen LogP contribution < -0.4 is 11.1 Å². The van der Waals surface area contributed by atoms with Crippen molar-refractivity contribution in [3.05, 3.63) is 0 Å². The molecule has 0 aromatic carbocycles. The van der Waals surface area contributed by atoms with Crippen LogP contribution in [-0.4, -0.2) is 42.0 Å². The van der Waals surface area contributed by atoms with E-state index in [9.17, 15) is 4.79 Å². The number of hydrogen-bond donors (Lipinski definition) is 2. The van der Waals surface area contributed by atoms with Crippen LogP contribution in [0.15, 0.2) is 0 Å². The Morgan fingerprint density at radius 3 is 2.55 bits per heavy atom. The molecule has 0 aromatic heterocycles. The van der Waals surface area contributed by atoms with Crippen molar-refractivity contribution < 1.29 is 4.79 Å². The van der Waals surface area contributed by atoms with E-state index in [2.05, 4.69) is 17.1 Å². The second-order valence-corrected chi connectivity index (χ2v) is 6.26. The zero-order chi connectivity index (χ0) is 13.2. The Morgan fingerprint density at radius 2 is 2.00 bits per heavy atom. The minimum Gasteiger partial charge on any atom is -0.354 e. The number of amides is 1. The maximum atomic E-state index is 12.0. The van der Waals surface area contributed by atoms with Crippen molar-refractivity contribution >= 4 is 30.7 Å². The largest absolute Gasteiger partial charge is 0.354 e. The molecule has 1 amide bonds. The van der Waals surface area contributed by atoms with Gasteiger partial charge in [0, 0.05) is 19.1 Å². The summed E-state index contributed by atoms with van der Waals surface area (Å²) in [5.41, 5.74) is 5.31. The fourth-order valence-corrected chi connectivity index (χ4v) is 2.87. The van der Waals surface area contributed by atoms with Crippen molar-refractivity contribution in [1.29, 1.82) is 0 Å². The molecule has 120 valence electrons. The van der Waals surface area contributed by atoms with E-state index in [0.717, 1.165) is 32.0 Å². The molecule has 3 N–H and O–H groups in total. The van der Waals surface area contributed by atoms with E-state index in [-0.39, 0.29) is 30.7 Å². The van der Waals surface area contributed by atoms with Crippen LogP contribution in [0.2, 0.25) is 0 Å². The summed E-state index contributed by atoms with van der Waals surface area (Å²) in [6, 6.07) is 0.852. The third-order valence-electron chi connectivity index (χ3n) is 4.22. The number of nitrogens with zero attached hydrogens (tertiary/aromatic N) is 1. The van der Waals surface area contributed by atoms with Gasteiger partial charge in [0.05, 0.1) is 5.54 Å². The first-order valence-corrected chi connectivity index (χ1v) is 7.34. The highest BCUT2D eigenvalue weighted by atomic mass is 35.5. The summed E-state index contributed by atoms with van der Waals surface area (Å²) in [4.78, 5) is 14.6. The van der Waals surface area contributed by atoms with E-state index < -0.39 is 5.54 Å². The lowest BCUT2D eigenvalue weighted by Crippen LogP contribution is -2.52. The Labute approximate surface area is 135 Å². The number of nitrogens with two attached hydrogens (primary N) is 1. The van der Waals surface area contributed by atoms with Crippen molar-refractivity contribution in [2.75, 3.05) is 19.6 Å². The van der Waals surface area contributed by atoms with Gasteiger partial charge >= 0.3 is 0 Å². The van der Waals surface area contributed by atoms with Crippen molar-refractivity contribution in [2.24, 2.45) is 11.7 Å². The number of halogens is 2. The molecule has 0 spiro atoms. The van der Waals surface area contributed by atoms with E-state index >= 15 is 0 Å². The first-order valence-electron chi connectivity index (χ1n) is 7.34. The van der Waals surface area contributed by atoms with Crippen LogP contribution in [-0.2, 0) is 4.79 Å². The lowest BCUT2D eigenvalue weighted by Gasteiger charge is -2.24. The van der Waals surface area contributed by atoms with Crippen molar-refractivity contribution in [3.8, 4) is 0 Å². The average molecular weight is 326 g/mol. The quantitative estimate of drug-likeness (QED) is 0.784. The highest BCUT2D eigenvalue weighted by molar-refractivity contribution is 5.86. The van der Waals surface area contributed by atoms with Crippen molar-refractivity contribution in [2.45, 2.75) is 57.5 Å². The minimum absolute atomic E-state index is 0. The molecule has 2 rings (SSSR count). The average Bonchev–Trinajstić information content (AvgIpc) is 3.06. The molecule has 1 heterocycles. The summed E-state index contributed by atoms with van der Waals surface area (Å²) in [5, 5.41) is 3.04. The molecule has 4 nitrogen and oxygen atoms in total. The normalized spacial score (nSPS) is 25.2. The minimum atomic E-state index is -0.705. The van der Waals surface area contributed by atoms with Crippen molar-refractivity contribution in [3.63, 3.8) is 0 Å². The Balaban J connectivity index is 0.00000180. The van der Waals surface area contributed by atoms with Gasteiger partial charge in [-0.2, -0.15) is 0 Å². The van der Waals surface area contributed by atoms with Gasteiger partial charge in [0.25, 0.3) is 0 Å². The number of nitrogens with one attached hydrogen (secondary N) is 1. The summed E-state index contributed by atoms with van der Waals surface area (Å²) in [7, 11) is 0. The van der Waals surface area contributed by atoms with E-state index in [4.69, 9.17) is 5.73 Å².